The van der Waals surface area contributed by atoms with Crippen molar-refractivity contribution in [3.8, 4) is 5.75 Å². The molecule has 1 aliphatic rings. The van der Waals surface area contributed by atoms with Crippen molar-refractivity contribution in [3.05, 3.63) is 70.0 Å². The first-order valence-electron chi connectivity index (χ1n) is 10.4. The average Bonchev–Trinajstić information content (AvgIpc) is 3.43. The number of aromatic nitrogens is 3. The number of nitrogens with two attached hydrogens (primary N) is 1. The fourth-order valence-corrected chi connectivity index (χ4v) is 4.97. The number of fused-ring (bicyclic) bond motifs is 2. The van der Waals surface area contributed by atoms with Crippen LogP contribution in [-0.4, -0.2) is 45.3 Å². The molecule has 0 spiro atoms. The van der Waals surface area contributed by atoms with Crippen molar-refractivity contribution >= 4 is 39.3 Å². The third kappa shape index (κ3) is 4.30. The molecule has 2 aromatic heterocycles. The van der Waals surface area contributed by atoms with Crippen molar-refractivity contribution in [1.82, 2.24) is 19.9 Å². The number of rotatable bonds is 6. The van der Waals surface area contributed by atoms with E-state index in [-0.39, 0.29) is 11.7 Å². The van der Waals surface area contributed by atoms with Gasteiger partial charge in [0.1, 0.15) is 11.3 Å². The Bertz CT molecular complexity index is 1340. The third-order valence-corrected chi connectivity index (χ3v) is 6.58. The van der Waals surface area contributed by atoms with E-state index in [1.807, 2.05) is 12.1 Å². The number of methoxy groups -OCH3 is 1. The molecule has 0 saturated carbocycles. The highest BCUT2D eigenvalue weighted by Gasteiger charge is 2.23. The number of primary amides is 1. The fraction of sp³-hybridized carbons (Fsp3) is 0.217. The fourth-order valence-electron chi connectivity index (χ4n) is 3.92. The number of nitrogens with one attached hydrogen (secondary N) is 2. The summed E-state index contributed by atoms with van der Waals surface area (Å²) in [6, 6.07) is 13.2. The molecule has 2 amide bonds. The van der Waals surface area contributed by atoms with Crippen molar-refractivity contribution in [2.24, 2.45) is 5.73 Å². The van der Waals surface area contributed by atoms with Crippen LogP contribution < -0.4 is 15.8 Å². The third-order valence-electron chi connectivity index (χ3n) is 5.59. The smallest absolute Gasteiger partial charge is 0.284 e. The van der Waals surface area contributed by atoms with Gasteiger partial charge in [-0.25, -0.2) is 9.97 Å². The van der Waals surface area contributed by atoms with Gasteiger partial charge in [-0.05, 0) is 29.8 Å². The quantitative estimate of drug-likeness (QED) is 0.404. The number of benzene rings is 2. The number of amides is 2. The Labute approximate surface area is 193 Å². The number of carbonyl (C=O) groups is 2. The number of imidazole rings is 1. The van der Waals surface area contributed by atoms with Crippen LogP contribution in [0.2, 0.25) is 0 Å². The Balaban J connectivity index is 1.29. The highest BCUT2D eigenvalue weighted by molar-refractivity contribution is 7.15. The molecule has 9 nitrogen and oxygen atoms in total. The van der Waals surface area contributed by atoms with Crippen LogP contribution in [0.5, 0.6) is 5.75 Å². The molecule has 0 bridgehead atoms. The maximum atomic E-state index is 12.9. The number of thiazole rings is 1. The van der Waals surface area contributed by atoms with Crippen LogP contribution in [-0.2, 0) is 19.5 Å². The molecular weight excluding hydrogens is 440 g/mol. The number of hydrogen-bond donors (Lipinski definition) is 3. The zero-order chi connectivity index (χ0) is 22.9. The van der Waals surface area contributed by atoms with Gasteiger partial charge in [0, 0.05) is 30.9 Å². The van der Waals surface area contributed by atoms with Crippen molar-refractivity contribution < 1.29 is 14.3 Å². The molecule has 0 radical (unpaired) electrons. The molecule has 0 fully saturated rings. The van der Waals surface area contributed by atoms with E-state index in [0.29, 0.717) is 21.7 Å². The standard InChI is InChI=1S/C23H22N6O3S/c1-32-14-7-5-13(6-8-14)11-29-10-9-16-18(12-29)33-23(26-16)28-22(31)15-3-2-4-17-19(15)27-21(25-17)20(24)30/h2-8H,9-12H2,1H3,(H2,24,30)(H,25,27)(H,26,28,31). The lowest BCUT2D eigenvalue weighted by molar-refractivity contribution is 0.0989. The van der Waals surface area contributed by atoms with E-state index < -0.39 is 5.91 Å². The zero-order valence-electron chi connectivity index (χ0n) is 17.9. The zero-order valence-corrected chi connectivity index (χ0v) is 18.7. The molecule has 33 heavy (non-hydrogen) atoms. The topological polar surface area (TPSA) is 126 Å². The average molecular weight is 463 g/mol. The summed E-state index contributed by atoms with van der Waals surface area (Å²) in [5.41, 5.74) is 8.87. The Morgan fingerprint density at radius 2 is 2.03 bits per heavy atom. The molecule has 168 valence electrons. The van der Waals surface area contributed by atoms with Gasteiger partial charge in [-0.2, -0.15) is 0 Å². The molecule has 5 rings (SSSR count). The molecule has 0 aliphatic carbocycles. The Kier molecular flexibility index (Phi) is 5.53. The number of nitrogens with zero attached hydrogens (tertiary/aromatic N) is 3. The summed E-state index contributed by atoms with van der Waals surface area (Å²) in [5.74, 6) is -0.139. The summed E-state index contributed by atoms with van der Waals surface area (Å²) >= 11 is 1.49. The number of carbonyl (C=O) groups excluding carboxylic acids is 2. The van der Waals surface area contributed by atoms with Crippen molar-refractivity contribution in [2.75, 3.05) is 19.0 Å². The van der Waals surface area contributed by atoms with Gasteiger partial charge in [-0.3, -0.25) is 19.8 Å². The van der Waals surface area contributed by atoms with Gasteiger partial charge in [-0.1, -0.05) is 18.2 Å². The monoisotopic (exact) mass is 462 g/mol. The van der Waals surface area contributed by atoms with E-state index in [4.69, 9.17) is 10.5 Å². The first kappa shape index (κ1) is 21.1. The highest BCUT2D eigenvalue weighted by Crippen LogP contribution is 2.30. The SMILES string of the molecule is COc1ccc(CN2CCc3nc(NC(=O)c4cccc5[nH]c(C(N)=O)nc45)sc3C2)cc1. The molecular formula is C23H22N6O3S. The molecule has 4 N–H and O–H groups in total. The highest BCUT2D eigenvalue weighted by atomic mass is 32.1. The first-order valence-corrected chi connectivity index (χ1v) is 11.3. The van der Waals surface area contributed by atoms with E-state index in [2.05, 4.69) is 37.3 Å². The summed E-state index contributed by atoms with van der Waals surface area (Å²) in [7, 11) is 1.66. The van der Waals surface area contributed by atoms with E-state index in [9.17, 15) is 9.59 Å². The van der Waals surface area contributed by atoms with E-state index >= 15 is 0 Å². The molecule has 0 saturated heterocycles. The summed E-state index contributed by atoms with van der Waals surface area (Å²) in [6.07, 6.45) is 0.828. The number of para-hydroxylation sites is 1. The summed E-state index contributed by atoms with van der Waals surface area (Å²) in [6.45, 7) is 2.52. The van der Waals surface area contributed by atoms with Gasteiger partial charge in [0.25, 0.3) is 11.8 Å². The van der Waals surface area contributed by atoms with Gasteiger partial charge < -0.3 is 15.5 Å². The molecule has 2 aromatic carbocycles. The van der Waals surface area contributed by atoms with Crippen molar-refractivity contribution in [1.29, 1.82) is 0 Å². The second kappa shape index (κ2) is 8.64. The Hall–Kier alpha value is -3.76. The molecule has 4 aromatic rings. The first-order chi connectivity index (χ1) is 16.0. The van der Waals surface area contributed by atoms with Gasteiger partial charge >= 0.3 is 0 Å². The minimum Gasteiger partial charge on any atom is -0.497 e. The minimum atomic E-state index is -0.677. The lowest BCUT2D eigenvalue weighted by atomic mass is 10.1. The lowest BCUT2D eigenvalue weighted by Crippen LogP contribution is -2.29. The Morgan fingerprint density at radius 3 is 2.79 bits per heavy atom. The predicted molar refractivity (Wildman–Crippen MR) is 125 cm³/mol. The maximum absolute atomic E-state index is 12.9. The van der Waals surface area contributed by atoms with Gasteiger partial charge in [0.2, 0.25) is 0 Å². The number of hydrogen-bond acceptors (Lipinski definition) is 7. The predicted octanol–water partition coefficient (Wildman–Crippen LogP) is 2.94. The second-order valence-corrected chi connectivity index (χ2v) is 8.89. The largest absolute Gasteiger partial charge is 0.497 e. The maximum Gasteiger partial charge on any atom is 0.284 e. The minimum absolute atomic E-state index is 0.0203. The van der Waals surface area contributed by atoms with Crippen LogP contribution >= 0.6 is 11.3 Å². The van der Waals surface area contributed by atoms with Crippen LogP contribution in [0.15, 0.2) is 42.5 Å². The number of H-pyrrole nitrogens is 1. The second-order valence-electron chi connectivity index (χ2n) is 7.80. The summed E-state index contributed by atoms with van der Waals surface area (Å²) in [4.78, 5) is 39.5. The van der Waals surface area contributed by atoms with Crippen LogP contribution in [0, 0.1) is 0 Å². The van der Waals surface area contributed by atoms with Gasteiger partial charge in [-0.15, -0.1) is 11.3 Å². The van der Waals surface area contributed by atoms with E-state index in [1.165, 1.54) is 16.9 Å². The van der Waals surface area contributed by atoms with E-state index in [1.54, 1.807) is 25.3 Å². The van der Waals surface area contributed by atoms with Crippen LogP contribution in [0.4, 0.5) is 5.13 Å². The summed E-state index contributed by atoms with van der Waals surface area (Å²) < 4.78 is 5.23. The normalized spacial score (nSPS) is 13.6. The van der Waals surface area contributed by atoms with Gasteiger partial charge in [0.15, 0.2) is 11.0 Å². The molecule has 1 aliphatic heterocycles. The van der Waals surface area contributed by atoms with Crippen molar-refractivity contribution in [3.63, 3.8) is 0 Å². The number of anilines is 1. The van der Waals surface area contributed by atoms with E-state index in [0.717, 1.165) is 42.4 Å². The number of ether oxygens (including phenoxy) is 1. The van der Waals surface area contributed by atoms with Crippen LogP contribution in [0.25, 0.3) is 11.0 Å². The number of aromatic amines is 1. The van der Waals surface area contributed by atoms with Crippen LogP contribution in [0.3, 0.4) is 0 Å². The van der Waals surface area contributed by atoms with Gasteiger partial charge in [0.05, 0.1) is 23.9 Å². The summed E-state index contributed by atoms with van der Waals surface area (Å²) in [5, 5.41) is 3.44. The molecule has 3 heterocycles. The molecule has 0 atom stereocenters. The van der Waals surface area contributed by atoms with Crippen molar-refractivity contribution in [2.45, 2.75) is 19.5 Å². The molecule has 10 heteroatoms. The lowest BCUT2D eigenvalue weighted by Gasteiger charge is -2.25. The molecule has 0 unspecified atom stereocenters. The Morgan fingerprint density at radius 1 is 1.21 bits per heavy atom. The van der Waals surface area contributed by atoms with Crippen LogP contribution in [0.1, 0.15) is 37.1 Å².